The van der Waals surface area contributed by atoms with Crippen molar-refractivity contribution in [3.63, 3.8) is 0 Å². The number of para-hydroxylation sites is 5. The van der Waals surface area contributed by atoms with E-state index in [2.05, 4.69) is 168 Å². The van der Waals surface area contributed by atoms with Crippen molar-refractivity contribution in [3.8, 4) is 73.2 Å². The number of aromatic nitrogens is 1. The Kier molecular flexibility index (Phi) is 6.81. The first-order valence-electron chi connectivity index (χ1n) is 17.3. The molecule has 3 heteroatoms. The summed E-state index contributed by atoms with van der Waals surface area (Å²) in [5, 5.41) is 2.39. The van der Waals surface area contributed by atoms with Gasteiger partial charge in [-0.15, -0.1) is 0 Å². The molecular weight excluding hydrogens is 623 g/mol. The average Bonchev–Trinajstić information content (AvgIpc) is 3.53. The number of fused-ring (bicyclic) bond motifs is 9. The summed E-state index contributed by atoms with van der Waals surface area (Å²) in [6, 6.07) is 65.7. The highest BCUT2D eigenvalue weighted by Crippen LogP contribution is 2.52. The second-order valence-corrected chi connectivity index (χ2v) is 12.8. The quantitative estimate of drug-likeness (QED) is 0.189. The van der Waals surface area contributed by atoms with Crippen molar-refractivity contribution < 1.29 is 9.47 Å². The lowest BCUT2D eigenvalue weighted by Crippen LogP contribution is -2.00. The molecule has 2 heterocycles. The fraction of sp³-hybridized carbons (Fsp3) is 0. The molecule has 51 heavy (non-hydrogen) atoms. The third-order valence-corrected chi connectivity index (χ3v) is 9.89. The number of hydrogen-bond acceptors (Lipinski definition) is 2. The van der Waals surface area contributed by atoms with Crippen LogP contribution < -0.4 is 9.47 Å². The number of hydrogen-bond donors (Lipinski definition) is 0. The first kappa shape index (κ1) is 29.1. The Morgan fingerprint density at radius 1 is 0.333 bits per heavy atom. The van der Waals surface area contributed by atoms with Crippen LogP contribution in [-0.2, 0) is 0 Å². The minimum Gasteiger partial charge on any atom is -0.456 e. The van der Waals surface area contributed by atoms with Crippen LogP contribution in [0.15, 0.2) is 188 Å². The fourth-order valence-corrected chi connectivity index (χ4v) is 7.60. The Labute approximate surface area is 296 Å². The maximum absolute atomic E-state index is 7.22. The summed E-state index contributed by atoms with van der Waals surface area (Å²) in [5.74, 6) is 3.10. The smallest absolute Gasteiger partial charge is 0.143 e. The predicted octanol–water partition coefficient (Wildman–Crippen LogP) is 13.3. The van der Waals surface area contributed by atoms with Crippen molar-refractivity contribution in [3.05, 3.63) is 188 Å². The molecule has 0 spiro atoms. The molecule has 9 aromatic rings. The van der Waals surface area contributed by atoms with E-state index in [9.17, 15) is 0 Å². The SMILES string of the molecule is c1ccc(-c2cccc3c2-c2cccc(-c4ccc5c(c4)c4ccccc4n5-c4ccccc4)c2Oc2ccccc2-c2ccccc2O3)cc1. The summed E-state index contributed by atoms with van der Waals surface area (Å²) < 4.78 is 16.5. The van der Waals surface area contributed by atoms with Gasteiger partial charge in [-0.25, -0.2) is 0 Å². The molecule has 240 valence electrons. The van der Waals surface area contributed by atoms with Gasteiger partial charge >= 0.3 is 0 Å². The molecule has 0 N–H and O–H groups in total. The van der Waals surface area contributed by atoms with Crippen LogP contribution in [0.2, 0.25) is 0 Å². The van der Waals surface area contributed by atoms with E-state index >= 15 is 0 Å². The van der Waals surface area contributed by atoms with E-state index in [-0.39, 0.29) is 0 Å². The summed E-state index contributed by atoms with van der Waals surface area (Å²) in [6.07, 6.45) is 0. The molecule has 0 saturated heterocycles. The molecule has 1 aromatic heterocycles. The van der Waals surface area contributed by atoms with Gasteiger partial charge in [0.05, 0.1) is 11.0 Å². The predicted molar refractivity (Wildman–Crippen MR) is 209 cm³/mol. The molecule has 0 fully saturated rings. The number of ether oxygens (including phenoxy) is 2. The molecule has 1 aliphatic heterocycles. The Bertz CT molecular complexity index is 2740. The van der Waals surface area contributed by atoms with Gasteiger partial charge in [0.2, 0.25) is 0 Å². The van der Waals surface area contributed by atoms with E-state index in [1.807, 2.05) is 24.3 Å². The van der Waals surface area contributed by atoms with Gasteiger partial charge in [-0.05, 0) is 65.2 Å². The molecule has 10 rings (SSSR count). The van der Waals surface area contributed by atoms with Crippen molar-refractivity contribution in [2.45, 2.75) is 0 Å². The highest BCUT2D eigenvalue weighted by molar-refractivity contribution is 6.11. The monoisotopic (exact) mass is 653 g/mol. The Morgan fingerprint density at radius 2 is 0.902 bits per heavy atom. The van der Waals surface area contributed by atoms with E-state index < -0.39 is 0 Å². The van der Waals surface area contributed by atoms with E-state index in [0.717, 1.165) is 78.7 Å². The van der Waals surface area contributed by atoms with E-state index in [1.54, 1.807) is 0 Å². The summed E-state index contributed by atoms with van der Waals surface area (Å²) in [5.41, 5.74) is 11.6. The number of rotatable bonds is 3. The van der Waals surface area contributed by atoms with E-state index in [0.29, 0.717) is 0 Å². The van der Waals surface area contributed by atoms with Gasteiger partial charge in [0, 0.05) is 44.3 Å². The first-order chi connectivity index (χ1) is 25.3. The standard InChI is InChI=1S/C48H31NO2/c1-3-15-32(16-4-1)35-22-14-28-46-47(35)40-24-13-23-36(48(40)51-45-27-12-9-21-39(45)38-20-8-11-26-44(38)50-46)33-29-30-43-41(31-33)37-19-7-10-25-42(37)49(43)34-17-5-2-6-18-34/h1-31H. The molecule has 1 aliphatic rings. The maximum atomic E-state index is 7.22. The minimum atomic E-state index is 0.768. The van der Waals surface area contributed by atoms with Gasteiger partial charge in [-0.1, -0.05) is 140 Å². The molecule has 3 nitrogen and oxygen atoms in total. The first-order valence-corrected chi connectivity index (χ1v) is 17.3. The lowest BCUT2D eigenvalue weighted by Gasteiger charge is -2.24. The molecule has 0 saturated carbocycles. The normalized spacial score (nSPS) is 11.8. The van der Waals surface area contributed by atoms with Gasteiger partial charge in [0.1, 0.15) is 23.0 Å². The molecule has 0 amide bonds. The van der Waals surface area contributed by atoms with Crippen molar-refractivity contribution >= 4 is 21.8 Å². The van der Waals surface area contributed by atoms with Crippen LogP contribution in [0.25, 0.3) is 72.0 Å². The minimum absolute atomic E-state index is 0.768. The molecule has 0 atom stereocenters. The molecule has 0 aliphatic carbocycles. The van der Waals surface area contributed by atoms with E-state index in [4.69, 9.17) is 9.47 Å². The second-order valence-electron chi connectivity index (χ2n) is 12.8. The zero-order chi connectivity index (χ0) is 33.7. The van der Waals surface area contributed by atoms with Crippen molar-refractivity contribution in [1.82, 2.24) is 4.57 Å². The molecule has 0 unspecified atom stereocenters. The van der Waals surface area contributed by atoms with Crippen molar-refractivity contribution in [2.24, 2.45) is 0 Å². The Morgan fingerprint density at radius 3 is 1.71 bits per heavy atom. The van der Waals surface area contributed by atoms with Gasteiger partial charge in [0.15, 0.2) is 0 Å². The van der Waals surface area contributed by atoms with Crippen LogP contribution >= 0.6 is 0 Å². The summed E-state index contributed by atoms with van der Waals surface area (Å²) in [4.78, 5) is 0. The summed E-state index contributed by atoms with van der Waals surface area (Å²) in [6.45, 7) is 0. The number of nitrogens with zero attached hydrogens (tertiary/aromatic N) is 1. The zero-order valence-corrected chi connectivity index (χ0v) is 27.7. The topological polar surface area (TPSA) is 23.4 Å². The van der Waals surface area contributed by atoms with Crippen LogP contribution in [0, 0.1) is 0 Å². The average molecular weight is 654 g/mol. The molecule has 8 aromatic carbocycles. The largest absolute Gasteiger partial charge is 0.456 e. The highest BCUT2D eigenvalue weighted by atomic mass is 16.5. The number of benzene rings is 8. The van der Waals surface area contributed by atoms with Crippen LogP contribution in [-0.4, -0.2) is 4.57 Å². The third-order valence-electron chi connectivity index (χ3n) is 9.89. The van der Waals surface area contributed by atoms with Crippen LogP contribution in [0.1, 0.15) is 0 Å². The molecule has 0 radical (unpaired) electrons. The molecular formula is C48H31NO2. The van der Waals surface area contributed by atoms with Crippen molar-refractivity contribution in [2.75, 3.05) is 0 Å². The lowest BCUT2D eigenvalue weighted by atomic mass is 9.90. The zero-order valence-electron chi connectivity index (χ0n) is 27.7. The van der Waals surface area contributed by atoms with Crippen LogP contribution in [0.5, 0.6) is 23.0 Å². The summed E-state index contributed by atoms with van der Waals surface area (Å²) in [7, 11) is 0. The van der Waals surface area contributed by atoms with Gasteiger partial charge in [-0.2, -0.15) is 0 Å². The van der Waals surface area contributed by atoms with Gasteiger partial charge in [0.25, 0.3) is 0 Å². The van der Waals surface area contributed by atoms with Crippen LogP contribution in [0.3, 0.4) is 0 Å². The maximum Gasteiger partial charge on any atom is 0.143 e. The highest BCUT2D eigenvalue weighted by Gasteiger charge is 2.25. The van der Waals surface area contributed by atoms with Crippen molar-refractivity contribution in [1.29, 1.82) is 0 Å². The van der Waals surface area contributed by atoms with E-state index in [1.165, 1.54) is 16.3 Å². The van der Waals surface area contributed by atoms with Crippen LogP contribution in [0.4, 0.5) is 0 Å². The Hall–Kier alpha value is -6.84. The Balaban J connectivity index is 1.27. The lowest BCUT2D eigenvalue weighted by molar-refractivity contribution is 0.473. The molecule has 0 bridgehead atoms. The second kappa shape index (κ2) is 11.9. The fourth-order valence-electron chi connectivity index (χ4n) is 7.60. The van der Waals surface area contributed by atoms with Gasteiger partial charge in [-0.3, -0.25) is 0 Å². The third kappa shape index (κ3) is 4.82. The summed E-state index contributed by atoms with van der Waals surface area (Å²) >= 11 is 0. The van der Waals surface area contributed by atoms with Gasteiger partial charge < -0.3 is 14.0 Å².